The first-order valence-electron chi connectivity index (χ1n) is 11.1. The topological polar surface area (TPSA) is 75.5 Å². The smallest absolute Gasteiger partial charge is 0.262 e. The van der Waals surface area contributed by atoms with Crippen LogP contribution in [0.5, 0.6) is 0 Å². The van der Waals surface area contributed by atoms with Crippen molar-refractivity contribution >= 4 is 33.4 Å². The van der Waals surface area contributed by atoms with E-state index in [2.05, 4.69) is 11.9 Å². The van der Waals surface area contributed by atoms with Crippen LogP contribution in [0.2, 0.25) is 0 Å². The second kappa shape index (κ2) is 7.80. The second-order valence-electron chi connectivity index (χ2n) is 9.02. The number of hydrogen-bond acceptors (Lipinski definition) is 5. The number of aromatic nitrogens is 2. The van der Waals surface area contributed by atoms with Gasteiger partial charge in [-0.3, -0.25) is 19.0 Å². The van der Waals surface area contributed by atoms with Crippen LogP contribution in [0.1, 0.15) is 55.5 Å². The van der Waals surface area contributed by atoms with Crippen LogP contribution in [0.25, 0.3) is 10.2 Å². The van der Waals surface area contributed by atoms with Crippen molar-refractivity contribution < 1.29 is 9.59 Å². The van der Waals surface area contributed by atoms with Crippen molar-refractivity contribution in [3.8, 4) is 0 Å². The molecule has 0 spiro atoms. The highest BCUT2D eigenvalue weighted by molar-refractivity contribution is 7.18. The molecular formula is C22H28N4O3S. The average molecular weight is 429 g/mol. The highest BCUT2D eigenvalue weighted by atomic mass is 32.1. The zero-order chi connectivity index (χ0) is 20.8. The standard InChI is InChI=1S/C22H28N4O3S/c1-14-4-5-16-17(11-14)30-21-20(16)22(29)26(13-23-21)15-6-9-24(10-7-15)19(28)12-25-8-2-3-18(25)27/h13-15H,2-12H2,1H3. The first kappa shape index (κ1) is 19.7. The molecule has 2 aromatic rings. The van der Waals surface area contributed by atoms with Crippen LogP contribution in [0.3, 0.4) is 0 Å². The summed E-state index contributed by atoms with van der Waals surface area (Å²) < 4.78 is 1.80. The monoisotopic (exact) mass is 428 g/mol. The number of fused-ring (bicyclic) bond motifs is 3. The van der Waals surface area contributed by atoms with Gasteiger partial charge in [0, 0.05) is 37.0 Å². The number of aryl methyl sites for hydroxylation is 1. The molecule has 5 rings (SSSR count). The molecular weight excluding hydrogens is 400 g/mol. The Morgan fingerprint density at radius 2 is 1.97 bits per heavy atom. The molecule has 1 atom stereocenters. The Labute approximate surface area is 179 Å². The molecule has 0 bridgehead atoms. The maximum Gasteiger partial charge on any atom is 0.262 e. The molecule has 4 heterocycles. The molecule has 30 heavy (non-hydrogen) atoms. The highest BCUT2D eigenvalue weighted by Gasteiger charge is 2.29. The zero-order valence-electron chi connectivity index (χ0n) is 17.4. The van der Waals surface area contributed by atoms with Crippen molar-refractivity contribution in [2.24, 2.45) is 5.92 Å². The summed E-state index contributed by atoms with van der Waals surface area (Å²) in [4.78, 5) is 48.0. The minimum atomic E-state index is 0.0191. The lowest BCUT2D eigenvalue weighted by atomic mass is 9.89. The van der Waals surface area contributed by atoms with Gasteiger partial charge in [-0.25, -0.2) is 4.98 Å². The Bertz CT molecular complexity index is 1050. The van der Waals surface area contributed by atoms with Gasteiger partial charge in [-0.05, 0) is 50.0 Å². The van der Waals surface area contributed by atoms with Gasteiger partial charge in [0.2, 0.25) is 11.8 Å². The van der Waals surface area contributed by atoms with Gasteiger partial charge in [-0.2, -0.15) is 0 Å². The lowest BCUT2D eigenvalue weighted by Crippen LogP contribution is -2.45. The van der Waals surface area contributed by atoms with Crippen LogP contribution < -0.4 is 5.56 Å². The summed E-state index contributed by atoms with van der Waals surface area (Å²) in [5.41, 5.74) is 1.31. The summed E-state index contributed by atoms with van der Waals surface area (Å²) in [6.45, 7) is 4.39. The molecule has 2 aromatic heterocycles. The average Bonchev–Trinajstić information content (AvgIpc) is 3.31. The fraction of sp³-hybridized carbons (Fsp3) is 0.636. The van der Waals surface area contributed by atoms with E-state index in [4.69, 9.17) is 0 Å². The number of rotatable bonds is 3. The summed E-state index contributed by atoms with van der Waals surface area (Å²) in [5.74, 6) is 0.772. The van der Waals surface area contributed by atoms with E-state index in [1.54, 1.807) is 27.1 Å². The Morgan fingerprint density at radius 1 is 1.17 bits per heavy atom. The van der Waals surface area contributed by atoms with Crippen LogP contribution in [0.15, 0.2) is 11.1 Å². The number of thiophene rings is 1. The number of hydrogen-bond donors (Lipinski definition) is 0. The summed E-state index contributed by atoms with van der Waals surface area (Å²) in [7, 11) is 0. The van der Waals surface area contributed by atoms with Gasteiger partial charge in [-0.15, -0.1) is 11.3 Å². The Hall–Kier alpha value is -2.22. The quantitative estimate of drug-likeness (QED) is 0.752. The molecule has 7 nitrogen and oxygen atoms in total. The van der Waals surface area contributed by atoms with Gasteiger partial charge in [-0.1, -0.05) is 6.92 Å². The third kappa shape index (κ3) is 3.45. The molecule has 2 fully saturated rings. The van der Waals surface area contributed by atoms with Crippen LogP contribution in [-0.4, -0.2) is 57.3 Å². The third-order valence-electron chi connectivity index (χ3n) is 6.95. The van der Waals surface area contributed by atoms with Crippen molar-refractivity contribution in [1.82, 2.24) is 19.4 Å². The van der Waals surface area contributed by atoms with Crippen molar-refractivity contribution in [2.75, 3.05) is 26.2 Å². The van der Waals surface area contributed by atoms with E-state index in [-0.39, 0.29) is 30.0 Å². The van der Waals surface area contributed by atoms with E-state index in [0.717, 1.165) is 48.7 Å². The first-order valence-corrected chi connectivity index (χ1v) is 11.9. The molecule has 2 aliphatic heterocycles. The van der Waals surface area contributed by atoms with Gasteiger partial charge in [0.05, 0.1) is 18.3 Å². The minimum Gasteiger partial charge on any atom is -0.341 e. The number of likely N-dealkylation sites (tertiary alicyclic amines) is 2. The predicted octanol–water partition coefficient (Wildman–Crippen LogP) is 2.37. The maximum atomic E-state index is 13.3. The lowest BCUT2D eigenvalue weighted by Gasteiger charge is -2.33. The van der Waals surface area contributed by atoms with E-state index in [1.807, 2.05) is 4.90 Å². The number of carbonyl (C=O) groups is 2. The number of amides is 2. The molecule has 160 valence electrons. The maximum absolute atomic E-state index is 13.3. The van der Waals surface area contributed by atoms with E-state index >= 15 is 0 Å². The van der Waals surface area contributed by atoms with E-state index in [1.165, 1.54) is 10.4 Å². The van der Waals surface area contributed by atoms with Crippen molar-refractivity contribution in [1.29, 1.82) is 0 Å². The van der Waals surface area contributed by atoms with Gasteiger partial charge in [0.1, 0.15) is 4.83 Å². The molecule has 0 saturated carbocycles. The SMILES string of the molecule is CC1CCc2c(sc3ncn(C4CCN(C(=O)CN5CCCC5=O)CC4)c(=O)c23)C1. The zero-order valence-corrected chi connectivity index (χ0v) is 18.2. The lowest BCUT2D eigenvalue weighted by molar-refractivity contribution is -0.139. The second-order valence-corrected chi connectivity index (χ2v) is 10.1. The van der Waals surface area contributed by atoms with Crippen LogP contribution in [-0.2, 0) is 22.4 Å². The summed E-state index contributed by atoms with van der Waals surface area (Å²) in [6.07, 6.45) is 7.76. The molecule has 3 aliphatic rings. The van der Waals surface area contributed by atoms with Crippen molar-refractivity contribution in [2.45, 2.75) is 57.9 Å². The Kier molecular flexibility index (Phi) is 5.13. The predicted molar refractivity (Wildman–Crippen MR) is 116 cm³/mol. The number of piperidine rings is 1. The Balaban J connectivity index is 1.30. The number of carbonyl (C=O) groups excluding carboxylic acids is 2. The molecule has 1 unspecified atom stereocenters. The molecule has 2 amide bonds. The van der Waals surface area contributed by atoms with E-state index in [9.17, 15) is 14.4 Å². The fourth-order valence-corrected chi connectivity index (χ4v) is 6.47. The first-order chi connectivity index (χ1) is 14.5. The number of nitrogens with zero attached hydrogens (tertiary/aromatic N) is 4. The minimum absolute atomic E-state index is 0.0191. The molecule has 8 heteroatoms. The molecule has 0 aromatic carbocycles. The summed E-state index contributed by atoms with van der Waals surface area (Å²) in [5, 5.41) is 0.829. The fourth-order valence-electron chi connectivity index (χ4n) is 5.13. The van der Waals surface area contributed by atoms with Gasteiger partial charge >= 0.3 is 0 Å². The van der Waals surface area contributed by atoms with Crippen molar-refractivity contribution in [3.63, 3.8) is 0 Å². The Morgan fingerprint density at radius 3 is 2.70 bits per heavy atom. The normalized spacial score (nSPS) is 22.7. The highest BCUT2D eigenvalue weighted by Crippen LogP contribution is 2.36. The summed E-state index contributed by atoms with van der Waals surface area (Å²) in [6, 6.07) is 0.0740. The van der Waals surface area contributed by atoms with Crippen LogP contribution >= 0.6 is 11.3 Å². The third-order valence-corrected chi connectivity index (χ3v) is 8.11. The van der Waals surface area contributed by atoms with Crippen molar-refractivity contribution in [3.05, 3.63) is 27.1 Å². The summed E-state index contributed by atoms with van der Waals surface area (Å²) >= 11 is 1.68. The van der Waals surface area contributed by atoms with Crippen LogP contribution in [0, 0.1) is 5.92 Å². The van der Waals surface area contributed by atoms with Crippen LogP contribution in [0.4, 0.5) is 0 Å². The van der Waals surface area contributed by atoms with E-state index in [0.29, 0.717) is 32.0 Å². The molecule has 0 radical (unpaired) electrons. The molecule has 0 N–H and O–H groups in total. The van der Waals surface area contributed by atoms with Gasteiger partial charge in [0.15, 0.2) is 0 Å². The molecule has 1 aliphatic carbocycles. The largest absolute Gasteiger partial charge is 0.341 e. The van der Waals surface area contributed by atoms with E-state index < -0.39 is 0 Å². The van der Waals surface area contributed by atoms with Gasteiger partial charge in [0.25, 0.3) is 5.56 Å². The van der Waals surface area contributed by atoms with Gasteiger partial charge < -0.3 is 9.80 Å². The molecule has 2 saturated heterocycles.